The molecule has 0 saturated carbocycles. The first kappa shape index (κ1) is 23.9. The van der Waals surface area contributed by atoms with E-state index in [4.69, 9.17) is 9.72 Å². The monoisotopic (exact) mass is 525 g/mol. The van der Waals surface area contributed by atoms with Gasteiger partial charge in [0.2, 0.25) is 0 Å². The number of nitrogens with zero attached hydrogens (tertiary/aromatic N) is 1. The molecule has 168 valence electrons. The molecule has 0 spiro atoms. The van der Waals surface area contributed by atoms with E-state index in [1.54, 1.807) is 0 Å². The first-order chi connectivity index (χ1) is 16.4. The van der Waals surface area contributed by atoms with Gasteiger partial charge in [0.25, 0.3) is 0 Å². The summed E-state index contributed by atoms with van der Waals surface area (Å²) in [6.45, 7) is 0. The fourth-order valence-electron chi connectivity index (χ4n) is 4.27. The Bertz CT molecular complexity index is 1260. The van der Waals surface area contributed by atoms with Crippen LogP contribution in [0.25, 0.3) is 0 Å². The minimum atomic E-state index is -2.14. The molecule has 0 amide bonds. The summed E-state index contributed by atoms with van der Waals surface area (Å²) in [6.07, 6.45) is 2.70. The van der Waals surface area contributed by atoms with Crippen molar-refractivity contribution in [2.45, 2.75) is 6.16 Å². The molecule has 2 nitrogen and oxygen atoms in total. The topological polar surface area (TPSA) is 22.1 Å². The largest absolute Gasteiger partial charge is 1.00 e. The van der Waals surface area contributed by atoms with Crippen molar-refractivity contribution < 1.29 is 21.7 Å². The van der Waals surface area contributed by atoms with Gasteiger partial charge in [-0.15, -0.1) is 0 Å². The molecule has 4 heteroatoms. The van der Waals surface area contributed by atoms with Gasteiger partial charge in [0.05, 0.1) is 5.69 Å². The van der Waals surface area contributed by atoms with Gasteiger partial charge in [-0.1, -0.05) is 72.8 Å². The van der Waals surface area contributed by atoms with Crippen molar-refractivity contribution in [1.29, 1.82) is 0 Å². The molecule has 0 aliphatic carbocycles. The van der Waals surface area contributed by atoms with Crippen LogP contribution in [-0.2, 0) is 6.16 Å². The molecule has 0 radical (unpaired) electrons. The van der Waals surface area contributed by atoms with Crippen molar-refractivity contribution in [2.24, 2.45) is 0 Å². The van der Waals surface area contributed by atoms with Crippen molar-refractivity contribution in [1.82, 2.24) is 4.98 Å². The number of hydrogen-bond acceptors (Lipinski definition) is 2. The number of para-hydroxylation sites is 2. The number of pyridine rings is 1. The highest BCUT2D eigenvalue weighted by molar-refractivity contribution is 7.95. The smallest absolute Gasteiger partial charge is 0.170 e. The van der Waals surface area contributed by atoms with Crippen LogP contribution in [0.3, 0.4) is 0 Å². The summed E-state index contributed by atoms with van der Waals surface area (Å²) in [5.41, 5.74) is 1.08. The van der Waals surface area contributed by atoms with Crippen molar-refractivity contribution in [3.05, 3.63) is 145 Å². The number of hydrogen-bond donors (Lipinski definition) is 0. The molecule has 0 N–H and O–H groups in total. The summed E-state index contributed by atoms with van der Waals surface area (Å²) < 4.78 is 6.50. The van der Waals surface area contributed by atoms with Gasteiger partial charge in [-0.05, 0) is 60.7 Å². The number of aromatic nitrogens is 1. The molecule has 0 saturated heterocycles. The summed E-state index contributed by atoms with van der Waals surface area (Å²) in [5.74, 6) is 1.72. The zero-order valence-electron chi connectivity index (χ0n) is 18.7. The summed E-state index contributed by atoms with van der Waals surface area (Å²) in [6, 6.07) is 46.4. The molecule has 1 heterocycles. The molecule has 34 heavy (non-hydrogen) atoms. The highest BCUT2D eigenvalue weighted by Crippen LogP contribution is 2.59. The van der Waals surface area contributed by atoms with Crippen LogP contribution >= 0.6 is 7.26 Å². The molecule has 0 fully saturated rings. The molecule has 0 aliphatic rings. The highest BCUT2D eigenvalue weighted by Gasteiger charge is 2.48. The summed E-state index contributed by atoms with van der Waals surface area (Å²) in [4.78, 5) is 4.74. The van der Waals surface area contributed by atoms with Crippen LogP contribution in [-0.4, -0.2) is 4.98 Å². The van der Waals surface area contributed by atoms with E-state index >= 15 is 0 Å². The summed E-state index contributed by atoms with van der Waals surface area (Å²) in [5, 5.41) is 3.84. The fourth-order valence-corrected chi connectivity index (χ4v) is 8.53. The van der Waals surface area contributed by atoms with E-state index in [1.807, 2.05) is 48.7 Å². The van der Waals surface area contributed by atoms with E-state index in [2.05, 4.69) is 91.0 Å². The lowest BCUT2D eigenvalue weighted by molar-refractivity contribution is -0.00000697. The molecule has 0 aliphatic heterocycles. The van der Waals surface area contributed by atoms with Gasteiger partial charge in [-0.25, -0.2) is 0 Å². The minimum absolute atomic E-state index is 0. The van der Waals surface area contributed by atoms with Crippen LogP contribution in [0.15, 0.2) is 140 Å². The Morgan fingerprint density at radius 3 is 1.68 bits per heavy atom. The van der Waals surface area contributed by atoms with Crippen LogP contribution in [0, 0.1) is 0 Å². The lowest BCUT2D eigenvalue weighted by atomic mass is 10.3. The van der Waals surface area contributed by atoms with Crippen LogP contribution in [0.2, 0.25) is 0 Å². The SMILES string of the molecule is [Br-].c1ccc(Oc2ccccc2[P+](Cc2ccccn2)(c2ccccc2)c2ccccc2)cc1. The van der Waals surface area contributed by atoms with E-state index in [-0.39, 0.29) is 17.0 Å². The first-order valence-corrected chi connectivity index (χ1v) is 13.1. The zero-order chi connectivity index (χ0) is 22.3. The van der Waals surface area contributed by atoms with Crippen LogP contribution < -0.4 is 37.6 Å². The Morgan fingerprint density at radius 2 is 1.09 bits per heavy atom. The van der Waals surface area contributed by atoms with Gasteiger partial charge in [-0.3, -0.25) is 4.98 Å². The molecule has 0 unspecified atom stereocenters. The fraction of sp³-hybridized carbons (Fsp3) is 0.0333. The third-order valence-electron chi connectivity index (χ3n) is 5.77. The lowest BCUT2D eigenvalue weighted by Gasteiger charge is -2.28. The second-order valence-corrected chi connectivity index (χ2v) is 11.3. The zero-order valence-corrected chi connectivity index (χ0v) is 21.1. The maximum absolute atomic E-state index is 6.50. The van der Waals surface area contributed by atoms with Crippen molar-refractivity contribution in [2.75, 3.05) is 0 Å². The van der Waals surface area contributed by atoms with Crippen molar-refractivity contribution in [3.63, 3.8) is 0 Å². The molecule has 1 aromatic heterocycles. The van der Waals surface area contributed by atoms with E-state index in [1.165, 1.54) is 15.9 Å². The van der Waals surface area contributed by atoms with Gasteiger partial charge in [0.15, 0.2) is 5.75 Å². The quantitative estimate of drug-likeness (QED) is 0.304. The average Bonchev–Trinajstić information content (AvgIpc) is 2.90. The van der Waals surface area contributed by atoms with E-state index < -0.39 is 7.26 Å². The van der Waals surface area contributed by atoms with Crippen molar-refractivity contribution in [3.8, 4) is 11.5 Å². The molecular formula is C30H25BrNOP. The standard InChI is InChI=1S/C30H25NOP.BrH/c1-4-15-26(16-5-1)32-29-21-10-11-22-30(29)33(27-17-6-2-7-18-27,28-19-8-3-9-20-28)24-25-14-12-13-23-31-25;/h1-23H,24H2;1H/q+1;/p-1. The van der Waals surface area contributed by atoms with Crippen LogP contribution in [0.5, 0.6) is 11.5 Å². The normalized spacial score (nSPS) is 10.8. The van der Waals surface area contributed by atoms with E-state index in [0.29, 0.717) is 0 Å². The van der Waals surface area contributed by atoms with Crippen molar-refractivity contribution >= 4 is 23.2 Å². The number of rotatable bonds is 7. The molecule has 4 aromatic carbocycles. The molecule has 0 atom stereocenters. The number of benzene rings is 4. The Hall–Kier alpha value is -3.26. The summed E-state index contributed by atoms with van der Waals surface area (Å²) >= 11 is 0. The van der Waals surface area contributed by atoms with Gasteiger partial charge in [0.1, 0.15) is 35.1 Å². The lowest BCUT2D eigenvalue weighted by Crippen LogP contribution is -3.00. The second kappa shape index (κ2) is 11.2. The Labute approximate surface area is 212 Å². The predicted molar refractivity (Wildman–Crippen MR) is 140 cm³/mol. The van der Waals surface area contributed by atoms with Gasteiger partial charge >= 0.3 is 0 Å². The maximum Gasteiger partial charge on any atom is 0.170 e. The third-order valence-corrected chi connectivity index (χ3v) is 10.1. The summed E-state index contributed by atoms with van der Waals surface area (Å²) in [7, 11) is -2.14. The molecule has 0 bridgehead atoms. The number of ether oxygens (including phenoxy) is 1. The molecule has 5 rings (SSSR count). The average molecular weight is 526 g/mol. The van der Waals surface area contributed by atoms with E-state index in [9.17, 15) is 0 Å². The van der Waals surface area contributed by atoms with E-state index in [0.717, 1.165) is 23.4 Å². The Kier molecular flexibility index (Phi) is 7.90. The highest BCUT2D eigenvalue weighted by atomic mass is 79.9. The maximum atomic E-state index is 6.50. The Morgan fingerprint density at radius 1 is 0.559 bits per heavy atom. The van der Waals surface area contributed by atoms with Gasteiger partial charge in [0, 0.05) is 6.20 Å². The second-order valence-electron chi connectivity index (χ2n) is 7.84. The third kappa shape index (κ3) is 4.97. The number of halogens is 1. The van der Waals surface area contributed by atoms with Crippen LogP contribution in [0.4, 0.5) is 0 Å². The molecular weight excluding hydrogens is 501 g/mol. The van der Waals surface area contributed by atoms with Crippen LogP contribution in [0.1, 0.15) is 5.69 Å². The van der Waals surface area contributed by atoms with Gasteiger partial charge < -0.3 is 21.7 Å². The molecule has 5 aromatic rings. The first-order valence-electron chi connectivity index (χ1n) is 11.1. The van der Waals surface area contributed by atoms with Gasteiger partial charge in [-0.2, -0.15) is 0 Å². The predicted octanol–water partition coefficient (Wildman–Crippen LogP) is 3.37. The Balaban J connectivity index is 0.00000274. The minimum Gasteiger partial charge on any atom is -1.00 e.